The minimum atomic E-state index is -3.63. The van der Waals surface area contributed by atoms with E-state index in [1.165, 1.54) is 33.4 Å². The van der Waals surface area contributed by atoms with Gasteiger partial charge in [-0.3, -0.25) is 10.2 Å². The van der Waals surface area contributed by atoms with Crippen LogP contribution in [0.5, 0.6) is 0 Å². The Labute approximate surface area is 212 Å². The molecule has 4 heterocycles. The van der Waals surface area contributed by atoms with Crippen LogP contribution in [0, 0.1) is 5.41 Å². The van der Waals surface area contributed by atoms with Gasteiger partial charge in [0.15, 0.2) is 0 Å². The molecule has 0 spiro atoms. The van der Waals surface area contributed by atoms with E-state index in [0.29, 0.717) is 33.0 Å². The first kappa shape index (κ1) is 23.7. The van der Waals surface area contributed by atoms with Gasteiger partial charge in [0.25, 0.3) is 15.9 Å². The molecule has 2 aliphatic rings. The van der Waals surface area contributed by atoms with Crippen molar-refractivity contribution in [3.63, 3.8) is 0 Å². The summed E-state index contributed by atoms with van der Waals surface area (Å²) in [4.78, 5) is 17.4. The van der Waals surface area contributed by atoms with Crippen molar-refractivity contribution in [2.75, 3.05) is 39.3 Å². The van der Waals surface area contributed by atoms with Gasteiger partial charge in [-0.05, 0) is 48.9 Å². The van der Waals surface area contributed by atoms with E-state index >= 15 is 0 Å². The Balaban J connectivity index is 1.23. The first-order chi connectivity index (χ1) is 16.3. The molecule has 3 aromatic rings. The molecule has 0 saturated carbocycles. The Bertz CT molecular complexity index is 1340. The predicted molar refractivity (Wildman–Crippen MR) is 138 cm³/mol. The molecule has 1 amide bonds. The maximum Gasteiger partial charge on any atom is 0.264 e. The van der Waals surface area contributed by atoms with Gasteiger partial charge in [0.2, 0.25) is 0 Å². The van der Waals surface area contributed by atoms with Gasteiger partial charge in [-0.25, -0.2) is 8.42 Å². The lowest BCUT2D eigenvalue weighted by Gasteiger charge is -2.33. The smallest absolute Gasteiger partial charge is 0.264 e. The van der Waals surface area contributed by atoms with Crippen molar-refractivity contribution in [1.29, 1.82) is 5.41 Å². The Morgan fingerprint density at radius 1 is 0.941 bits per heavy atom. The normalized spacial score (nSPS) is 17.9. The van der Waals surface area contributed by atoms with Gasteiger partial charge in [0, 0.05) is 59.9 Å². The molecule has 0 aliphatic carbocycles. The molecule has 180 valence electrons. The van der Waals surface area contributed by atoms with Crippen molar-refractivity contribution in [1.82, 2.24) is 14.1 Å². The maximum absolute atomic E-state index is 13.2. The fourth-order valence-corrected chi connectivity index (χ4v) is 8.50. The number of benzene rings is 1. The molecule has 5 rings (SSSR count). The van der Waals surface area contributed by atoms with Crippen LogP contribution in [0.4, 0.5) is 0 Å². The number of piperidine rings is 1. The van der Waals surface area contributed by atoms with Crippen molar-refractivity contribution in [3.05, 3.63) is 51.2 Å². The van der Waals surface area contributed by atoms with Crippen LogP contribution in [0.3, 0.4) is 0 Å². The van der Waals surface area contributed by atoms with Gasteiger partial charge in [-0.2, -0.15) is 4.31 Å². The average Bonchev–Trinajstić information content (AvgIpc) is 3.51. The van der Waals surface area contributed by atoms with Gasteiger partial charge in [-0.1, -0.05) is 17.7 Å². The van der Waals surface area contributed by atoms with E-state index in [1.54, 1.807) is 29.2 Å². The number of sulfonamides is 1. The molecule has 0 atom stereocenters. The summed E-state index contributed by atoms with van der Waals surface area (Å²) in [5.41, 5.74) is 0.779. The van der Waals surface area contributed by atoms with E-state index in [4.69, 9.17) is 17.0 Å². The highest BCUT2D eigenvalue weighted by atomic mass is 35.5. The molecule has 2 fully saturated rings. The van der Waals surface area contributed by atoms with Crippen LogP contribution in [-0.2, 0) is 10.0 Å². The summed E-state index contributed by atoms with van der Waals surface area (Å²) in [6.07, 6.45) is 3.40. The lowest BCUT2D eigenvalue weighted by molar-refractivity contribution is 0.0703. The summed E-state index contributed by atoms with van der Waals surface area (Å²) >= 11 is 8.61. The van der Waals surface area contributed by atoms with Crippen molar-refractivity contribution in [2.24, 2.45) is 0 Å². The zero-order valence-corrected chi connectivity index (χ0v) is 21.7. The fraction of sp³-hybridized carbons (Fsp3) is 0.391. The van der Waals surface area contributed by atoms with Crippen LogP contribution in [-0.4, -0.2) is 73.5 Å². The number of amidine groups is 1. The van der Waals surface area contributed by atoms with Crippen LogP contribution in [0.25, 0.3) is 10.1 Å². The molecular weight excluding hydrogens is 512 g/mol. The Morgan fingerprint density at radius 2 is 1.68 bits per heavy atom. The molecule has 11 heteroatoms. The van der Waals surface area contributed by atoms with Gasteiger partial charge >= 0.3 is 0 Å². The van der Waals surface area contributed by atoms with E-state index in [-0.39, 0.29) is 19.0 Å². The Hall–Kier alpha value is -1.98. The summed E-state index contributed by atoms with van der Waals surface area (Å²) in [6, 6.07) is 8.84. The number of fused-ring (bicyclic) bond motifs is 1. The summed E-state index contributed by atoms with van der Waals surface area (Å²) < 4.78 is 29.0. The number of piperazine rings is 1. The number of thiophene rings is 2. The topological polar surface area (TPSA) is 84.8 Å². The molecule has 7 nitrogen and oxygen atoms in total. The van der Waals surface area contributed by atoms with Gasteiger partial charge < -0.3 is 9.80 Å². The van der Waals surface area contributed by atoms with E-state index in [0.717, 1.165) is 41.6 Å². The number of hydrogen-bond acceptors (Lipinski definition) is 6. The second-order valence-electron chi connectivity index (χ2n) is 8.54. The first-order valence-electron chi connectivity index (χ1n) is 11.2. The molecule has 0 radical (unpaired) electrons. The Morgan fingerprint density at radius 3 is 2.41 bits per heavy atom. The molecule has 2 aliphatic heterocycles. The number of carbonyl (C=O) groups excluding carboxylic acids is 1. The lowest BCUT2D eigenvalue weighted by Crippen LogP contribution is -2.50. The van der Waals surface area contributed by atoms with E-state index in [9.17, 15) is 13.2 Å². The summed E-state index contributed by atoms with van der Waals surface area (Å²) in [5, 5.41) is 11.8. The van der Waals surface area contributed by atoms with Crippen LogP contribution in [0.1, 0.15) is 34.5 Å². The zero-order chi connectivity index (χ0) is 23.9. The summed E-state index contributed by atoms with van der Waals surface area (Å²) in [6.45, 7) is 2.97. The number of halogens is 1. The molecular formula is C23H25ClN4O3S3. The highest BCUT2D eigenvalue weighted by molar-refractivity contribution is 7.91. The molecule has 34 heavy (non-hydrogen) atoms. The summed E-state index contributed by atoms with van der Waals surface area (Å²) in [5.74, 6) is 0.381. The highest BCUT2D eigenvalue weighted by Crippen LogP contribution is 2.33. The maximum atomic E-state index is 13.2. The first-order valence-corrected chi connectivity index (χ1v) is 14.8. The van der Waals surface area contributed by atoms with E-state index in [1.807, 2.05) is 11.4 Å². The molecule has 0 bridgehead atoms. The highest BCUT2D eigenvalue weighted by Gasteiger charge is 2.32. The van der Waals surface area contributed by atoms with E-state index < -0.39 is 10.0 Å². The number of rotatable bonds is 4. The van der Waals surface area contributed by atoms with Crippen LogP contribution in [0.2, 0.25) is 5.02 Å². The zero-order valence-electron chi connectivity index (χ0n) is 18.5. The SMILES string of the molecule is N=C(c1csc(C(=O)N2CCN(S(=O)(=O)c3cc4ccc(Cl)cc4s3)CC2)c1)N1CCCCC1. The third kappa shape index (κ3) is 4.61. The number of likely N-dealkylation sites (tertiary alicyclic amines) is 1. The molecule has 1 aromatic carbocycles. The molecule has 2 saturated heterocycles. The lowest BCUT2D eigenvalue weighted by atomic mass is 10.1. The number of nitrogens with zero attached hydrogens (tertiary/aromatic N) is 3. The minimum absolute atomic E-state index is 0.101. The number of hydrogen-bond donors (Lipinski definition) is 1. The Kier molecular flexibility index (Phi) is 6.69. The summed E-state index contributed by atoms with van der Waals surface area (Å²) in [7, 11) is -3.63. The largest absolute Gasteiger partial charge is 0.357 e. The fourth-order valence-electron chi connectivity index (χ4n) is 4.40. The minimum Gasteiger partial charge on any atom is -0.357 e. The van der Waals surface area contributed by atoms with Crippen LogP contribution < -0.4 is 0 Å². The average molecular weight is 537 g/mol. The third-order valence-electron chi connectivity index (χ3n) is 6.34. The predicted octanol–water partition coefficient (Wildman–Crippen LogP) is 4.57. The molecule has 0 unspecified atom stereocenters. The third-order valence-corrected chi connectivity index (χ3v) is 10.9. The molecule has 1 N–H and O–H groups in total. The monoisotopic (exact) mass is 536 g/mol. The van der Waals surface area contributed by atoms with Crippen LogP contribution in [0.15, 0.2) is 39.9 Å². The second-order valence-corrected chi connectivity index (χ2v) is 13.1. The number of carbonyl (C=O) groups is 1. The van der Waals surface area contributed by atoms with Crippen LogP contribution >= 0.6 is 34.3 Å². The van der Waals surface area contributed by atoms with E-state index in [2.05, 4.69) is 4.90 Å². The van der Waals surface area contributed by atoms with Crippen molar-refractivity contribution < 1.29 is 13.2 Å². The van der Waals surface area contributed by atoms with Gasteiger partial charge in [0.05, 0.1) is 4.88 Å². The number of amides is 1. The standard InChI is InChI=1S/C23H25ClN4O3S3/c24-18-5-4-16-13-21(33-19(16)14-18)34(30,31)28-10-8-27(9-11-28)23(29)20-12-17(15-32-20)22(25)26-6-2-1-3-7-26/h4-5,12-15,25H,1-3,6-11H2. The second kappa shape index (κ2) is 9.58. The quantitative estimate of drug-likeness (QED) is 0.391. The van der Waals surface area contributed by atoms with Crippen molar-refractivity contribution in [2.45, 2.75) is 23.5 Å². The number of nitrogens with one attached hydrogen (secondary N) is 1. The molecule has 2 aromatic heterocycles. The van der Waals surface area contributed by atoms with Crippen molar-refractivity contribution in [3.8, 4) is 0 Å². The van der Waals surface area contributed by atoms with Gasteiger partial charge in [0.1, 0.15) is 10.0 Å². The van der Waals surface area contributed by atoms with Crippen molar-refractivity contribution >= 4 is 66.1 Å². The van der Waals surface area contributed by atoms with Gasteiger partial charge in [-0.15, -0.1) is 22.7 Å².